The Hall–Kier alpha value is -1.71. The van der Waals surface area contributed by atoms with Gasteiger partial charge in [-0.2, -0.15) is 0 Å². The van der Waals surface area contributed by atoms with Crippen LogP contribution in [0.1, 0.15) is 45.1 Å². The second-order valence-corrected chi connectivity index (χ2v) is 4.63. The molecule has 0 aromatic heterocycles. The number of carbonyl (C=O) groups is 1. The number of nitrogens with one attached hydrogen (secondary N) is 1. The van der Waals surface area contributed by atoms with E-state index in [9.17, 15) is 9.90 Å². The highest BCUT2D eigenvalue weighted by atomic mass is 16.5. The summed E-state index contributed by atoms with van der Waals surface area (Å²) in [6.07, 6.45) is 1.32. The second-order valence-electron chi connectivity index (χ2n) is 4.63. The van der Waals surface area contributed by atoms with E-state index in [1.165, 1.54) is 0 Å². The van der Waals surface area contributed by atoms with E-state index in [2.05, 4.69) is 5.32 Å². The Morgan fingerprint density at radius 1 is 1.42 bits per heavy atom. The van der Waals surface area contributed by atoms with Crippen molar-refractivity contribution in [3.8, 4) is 11.5 Å². The van der Waals surface area contributed by atoms with Crippen LogP contribution < -0.4 is 10.1 Å². The van der Waals surface area contributed by atoms with Gasteiger partial charge >= 0.3 is 0 Å². The fraction of sp³-hybridized carbons (Fsp3) is 0.533. The Balaban J connectivity index is 2.82. The molecule has 0 fully saturated rings. The zero-order valence-corrected chi connectivity index (χ0v) is 11.9. The van der Waals surface area contributed by atoms with Crippen LogP contribution in [0, 0.1) is 0 Å². The molecule has 0 saturated carbocycles. The lowest BCUT2D eigenvalue weighted by molar-refractivity contribution is -0.121. The minimum Gasteiger partial charge on any atom is -0.508 e. The van der Waals surface area contributed by atoms with Crippen LogP contribution in [-0.4, -0.2) is 24.2 Å². The first-order valence-corrected chi connectivity index (χ1v) is 6.80. The normalized spacial score (nSPS) is 11.9. The van der Waals surface area contributed by atoms with E-state index < -0.39 is 0 Å². The first-order valence-electron chi connectivity index (χ1n) is 6.80. The number of carbonyl (C=O) groups excluding carboxylic acids is 1. The van der Waals surface area contributed by atoms with Gasteiger partial charge in [0.1, 0.15) is 11.5 Å². The maximum absolute atomic E-state index is 11.6. The number of phenolic OH excluding ortho intramolecular Hbond substituents is 1. The number of rotatable bonds is 7. The van der Waals surface area contributed by atoms with Crippen molar-refractivity contribution >= 4 is 5.91 Å². The number of benzene rings is 1. The van der Waals surface area contributed by atoms with Crippen molar-refractivity contribution in [2.45, 2.75) is 39.5 Å². The van der Waals surface area contributed by atoms with Gasteiger partial charge in [-0.25, -0.2) is 0 Å². The molecule has 0 aliphatic heterocycles. The molecular formula is C15H23NO3. The molecule has 0 bridgehead atoms. The Bertz CT molecular complexity index is 418. The first-order chi connectivity index (χ1) is 9.08. The van der Waals surface area contributed by atoms with Crippen LogP contribution in [-0.2, 0) is 4.79 Å². The predicted molar refractivity (Wildman–Crippen MR) is 75.6 cm³/mol. The standard InChI is InChI=1S/C15H23NO3/c1-4-8-19-14-10-12(17)6-7-13(14)11(3)9-15(18)16-5-2/h6-7,10-11,17H,4-5,8-9H2,1-3H3,(H,16,18). The summed E-state index contributed by atoms with van der Waals surface area (Å²) in [6, 6.07) is 5.06. The number of hydrogen-bond donors (Lipinski definition) is 2. The zero-order chi connectivity index (χ0) is 14.3. The molecule has 19 heavy (non-hydrogen) atoms. The summed E-state index contributed by atoms with van der Waals surface area (Å²) in [7, 11) is 0. The Kier molecular flexibility index (Phi) is 6.19. The summed E-state index contributed by atoms with van der Waals surface area (Å²) in [5.74, 6) is 0.933. The summed E-state index contributed by atoms with van der Waals surface area (Å²) in [5.41, 5.74) is 0.956. The molecule has 1 aromatic rings. The molecule has 0 heterocycles. The van der Waals surface area contributed by atoms with Gasteiger partial charge in [-0.1, -0.05) is 19.9 Å². The summed E-state index contributed by atoms with van der Waals surface area (Å²) in [6.45, 7) is 7.16. The Labute approximate surface area is 114 Å². The minimum atomic E-state index is 0.0320. The minimum absolute atomic E-state index is 0.0320. The third kappa shape index (κ3) is 4.81. The maximum atomic E-state index is 11.6. The number of amides is 1. The summed E-state index contributed by atoms with van der Waals surface area (Å²) in [5, 5.41) is 12.3. The van der Waals surface area contributed by atoms with Gasteiger partial charge in [0.2, 0.25) is 5.91 Å². The fourth-order valence-corrected chi connectivity index (χ4v) is 1.92. The fourth-order valence-electron chi connectivity index (χ4n) is 1.92. The SMILES string of the molecule is CCCOc1cc(O)ccc1C(C)CC(=O)NCC. The predicted octanol–water partition coefficient (Wildman–Crippen LogP) is 2.81. The molecule has 0 aliphatic rings. The van der Waals surface area contributed by atoms with Gasteiger partial charge in [0, 0.05) is 19.0 Å². The molecule has 1 amide bonds. The molecular weight excluding hydrogens is 242 g/mol. The lowest BCUT2D eigenvalue weighted by Crippen LogP contribution is -2.24. The molecule has 0 saturated heterocycles. The van der Waals surface area contributed by atoms with Crippen LogP contribution in [0.15, 0.2) is 18.2 Å². The third-order valence-corrected chi connectivity index (χ3v) is 2.86. The molecule has 1 rings (SSSR count). The highest BCUT2D eigenvalue weighted by molar-refractivity contribution is 5.76. The van der Waals surface area contributed by atoms with E-state index in [4.69, 9.17) is 4.74 Å². The molecule has 1 unspecified atom stereocenters. The Morgan fingerprint density at radius 3 is 2.79 bits per heavy atom. The van der Waals surface area contributed by atoms with Crippen molar-refractivity contribution < 1.29 is 14.6 Å². The molecule has 4 nitrogen and oxygen atoms in total. The zero-order valence-electron chi connectivity index (χ0n) is 11.9. The van der Waals surface area contributed by atoms with Crippen molar-refractivity contribution in [2.24, 2.45) is 0 Å². The lowest BCUT2D eigenvalue weighted by Gasteiger charge is -2.17. The van der Waals surface area contributed by atoms with Crippen molar-refractivity contribution in [3.63, 3.8) is 0 Å². The molecule has 2 N–H and O–H groups in total. The van der Waals surface area contributed by atoms with Crippen molar-refractivity contribution in [1.29, 1.82) is 0 Å². The van der Waals surface area contributed by atoms with E-state index in [0.29, 0.717) is 25.3 Å². The number of ether oxygens (including phenoxy) is 1. The number of hydrogen-bond acceptors (Lipinski definition) is 3. The highest BCUT2D eigenvalue weighted by Gasteiger charge is 2.15. The van der Waals surface area contributed by atoms with Gasteiger partial charge in [-0.05, 0) is 30.9 Å². The van der Waals surface area contributed by atoms with Crippen LogP contribution in [0.25, 0.3) is 0 Å². The van der Waals surface area contributed by atoms with Gasteiger partial charge in [0.05, 0.1) is 6.61 Å². The first kappa shape index (κ1) is 15.3. The van der Waals surface area contributed by atoms with Gasteiger partial charge in [0.15, 0.2) is 0 Å². The van der Waals surface area contributed by atoms with Crippen LogP contribution in [0.4, 0.5) is 0 Å². The van der Waals surface area contributed by atoms with Gasteiger partial charge in [0.25, 0.3) is 0 Å². The van der Waals surface area contributed by atoms with Crippen LogP contribution in [0.2, 0.25) is 0 Å². The Morgan fingerprint density at radius 2 is 2.16 bits per heavy atom. The van der Waals surface area contributed by atoms with E-state index in [1.807, 2.05) is 26.8 Å². The lowest BCUT2D eigenvalue weighted by atomic mass is 9.96. The average molecular weight is 265 g/mol. The van der Waals surface area contributed by atoms with E-state index in [1.54, 1.807) is 12.1 Å². The average Bonchev–Trinajstić information content (AvgIpc) is 2.36. The van der Waals surface area contributed by atoms with Crippen LogP contribution >= 0.6 is 0 Å². The van der Waals surface area contributed by atoms with Crippen molar-refractivity contribution in [1.82, 2.24) is 5.32 Å². The monoisotopic (exact) mass is 265 g/mol. The van der Waals surface area contributed by atoms with E-state index in [-0.39, 0.29) is 17.6 Å². The van der Waals surface area contributed by atoms with Crippen LogP contribution in [0.5, 0.6) is 11.5 Å². The van der Waals surface area contributed by atoms with Crippen molar-refractivity contribution in [2.75, 3.05) is 13.2 Å². The largest absolute Gasteiger partial charge is 0.508 e. The van der Waals surface area contributed by atoms with Crippen molar-refractivity contribution in [3.05, 3.63) is 23.8 Å². The van der Waals surface area contributed by atoms with Gasteiger partial charge in [-0.3, -0.25) is 4.79 Å². The molecule has 106 valence electrons. The molecule has 0 radical (unpaired) electrons. The number of aromatic hydroxyl groups is 1. The molecule has 0 aliphatic carbocycles. The molecule has 1 atom stereocenters. The molecule has 0 spiro atoms. The summed E-state index contributed by atoms with van der Waals surface area (Å²) < 4.78 is 5.64. The summed E-state index contributed by atoms with van der Waals surface area (Å²) in [4.78, 5) is 11.6. The smallest absolute Gasteiger partial charge is 0.220 e. The highest BCUT2D eigenvalue weighted by Crippen LogP contribution is 2.32. The quantitative estimate of drug-likeness (QED) is 0.797. The molecule has 1 aromatic carbocycles. The second kappa shape index (κ2) is 7.67. The molecule has 4 heteroatoms. The van der Waals surface area contributed by atoms with Crippen LogP contribution in [0.3, 0.4) is 0 Å². The number of phenols is 1. The maximum Gasteiger partial charge on any atom is 0.220 e. The summed E-state index contributed by atoms with van der Waals surface area (Å²) >= 11 is 0. The van der Waals surface area contributed by atoms with E-state index in [0.717, 1.165) is 12.0 Å². The topological polar surface area (TPSA) is 58.6 Å². The third-order valence-electron chi connectivity index (χ3n) is 2.86. The van der Waals surface area contributed by atoms with E-state index >= 15 is 0 Å². The van der Waals surface area contributed by atoms with Gasteiger partial charge < -0.3 is 15.2 Å². The van der Waals surface area contributed by atoms with Gasteiger partial charge in [-0.15, -0.1) is 0 Å².